The number of hydrogen-bond donors (Lipinski definition) is 2. The number of carbonyl (C=O) groups is 1. The van der Waals surface area contributed by atoms with Crippen LogP contribution >= 0.6 is 0 Å². The van der Waals surface area contributed by atoms with Crippen molar-refractivity contribution in [2.45, 2.75) is 46.0 Å². The van der Waals surface area contributed by atoms with Crippen LogP contribution in [0, 0.1) is 0 Å². The SMILES string of the molecule is CCCCCNC(=O)CCNc1ccc(CC)cc1. The van der Waals surface area contributed by atoms with E-state index in [-0.39, 0.29) is 5.91 Å². The molecular formula is C16H26N2O. The second-order valence-electron chi connectivity index (χ2n) is 4.78. The van der Waals surface area contributed by atoms with Crippen LogP contribution < -0.4 is 10.6 Å². The number of benzene rings is 1. The largest absolute Gasteiger partial charge is 0.385 e. The number of nitrogens with one attached hydrogen (secondary N) is 2. The number of anilines is 1. The van der Waals surface area contributed by atoms with E-state index in [1.165, 1.54) is 18.4 Å². The van der Waals surface area contributed by atoms with Crippen LogP contribution in [0.1, 0.15) is 45.1 Å². The summed E-state index contributed by atoms with van der Waals surface area (Å²) in [6.45, 7) is 5.80. The molecule has 2 N–H and O–H groups in total. The highest BCUT2D eigenvalue weighted by Crippen LogP contribution is 2.09. The van der Waals surface area contributed by atoms with Gasteiger partial charge in [0, 0.05) is 25.2 Å². The fraction of sp³-hybridized carbons (Fsp3) is 0.562. The van der Waals surface area contributed by atoms with E-state index in [0.717, 1.165) is 25.1 Å². The lowest BCUT2D eigenvalue weighted by molar-refractivity contribution is -0.120. The van der Waals surface area contributed by atoms with Gasteiger partial charge in [-0.25, -0.2) is 0 Å². The van der Waals surface area contributed by atoms with Gasteiger partial charge in [0.15, 0.2) is 0 Å². The second-order valence-corrected chi connectivity index (χ2v) is 4.78. The van der Waals surface area contributed by atoms with Crippen molar-refractivity contribution in [2.24, 2.45) is 0 Å². The van der Waals surface area contributed by atoms with Gasteiger partial charge in [-0.1, -0.05) is 38.8 Å². The average Bonchev–Trinajstić information content (AvgIpc) is 2.44. The van der Waals surface area contributed by atoms with Crippen molar-refractivity contribution in [3.63, 3.8) is 0 Å². The molecule has 1 aromatic rings. The Kier molecular flexibility index (Phi) is 7.71. The van der Waals surface area contributed by atoms with Crippen molar-refractivity contribution < 1.29 is 4.79 Å². The van der Waals surface area contributed by atoms with Gasteiger partial charge in [0.2, 0.25) is 5.91 Å². The van der Waals surface area contributed by atoms with Crippen LogP contribution in [0.25, 0.3) is 0 Å². The Morgan fingerprint density at radius 3 is 2.42 bits per heavy atom. The molecule has 1 aromatic carbocycles. The molecule has 0 unspecified atom stereocenters. The first-order valence-corrected chi connectivity index (χ1v) is 7.35. The summed E-state index contributed by atoms with van der Waals surface area (Å²) in [6.07, 6.45) is 5.03. The zero-order chi connectivity index (χ0) is 13.9. The molecule has 1 amide bonds. The molecule has 106 valence electrons. The predicted molar refractivity (Wildman–Crippen MR) is 81.5 cm³/mol. The van der Waals surface area contributed by atoms with Crippen LogP contribution in [0.5, 0.6) is 0 Å². The van der Waals surface area contributed by atoms with Crippen molar-refractivity contribution in [2.75, 3.05) is 18.4 Å². The number of aryl methyl sites for hydroxylation is 1. The monoisotopic (exact) mass is 262 g/mol. The highest BCUT2D eigenvalue weighted by Gasteiger charge is 2.00. The Morgan fingerprint density at radius 2 is 1.79 bits per heavy atom. The van der Waals surface area contributed by atoms with Crippen LogP contribution in [-0.2, 0) is 11.2 Å². The highest BCUT2D eigenvalue weighted by atomic mass is 16.1. The van der Waals surface area contributed by atoms with E-state index < -0.39 is 0 Å². The summed E-state index contributed by atoms with van der Waals surface area (Å²) in [5.41, 5.74) is 2.41. The number of hydrogen-bond acceptors (Lipinski definition) is 2. The maximum Gasteiger partial charge on any atom is 0.221 e. The van der Waals surface area contributed by atoms with E-state index >= 15 is 0 Å². The molecule has 0 bridgehead atoms. The summed E-state index contributed by atoms with van der Waals surface area (Å²) < 4.78 is 0. The summed E-state index contributed by atoms with van der Waals surface area (Å²) in [7, 11) is 0. The van der Waals surface area contributed by atoms with Crippen LogP contribution in [0.2, 0.25) is 0 Å². The van der Waals surface area contributed by atoms with Gasteiger partial charge in [-0.05, 0) is 30.5 Å². The predicted octanol–water partition coefficient (Wildman–Crippen LogP) is 3.36. The maximum atomic E-state index is 11.5. The first-order valence-electron chi connectivity index (χ1n) is 7.35. The van der Waals surface area contributed by atoms with Gasteiger partial charge in [0.25, 0.3) is 0 Å². The minimum absolute atomic E-state index is 0.133. The lowest BCUT2D eigenvalue weighted by atomic mass is 10.1. The van der Waals surface area contributed by atoms with Crippen molar-refractivity contribution in [1.82, 2.24) is 5.32 Å². The van der Waals surface area contributed by atoms with Gasteiger partial charge < -0.3 is 10.6 Å². The van der Waals surface area contributed by atoms with E-state index in [0.29, 0.717) is 13.0 Å². The minimum Gasteiger partial charge on any atom is -0.385 e. The summed E-state index contributed by atoms with van der Waals surface area (Å²) >= 11 is 0. The van der Waals surface area contributed by atoms with Crippen molar-refractivity contribution in [3.8, 4) is 0 Å². The van der Waals surface area contributed by atoms with Gasteiger partial charge in [0.1, 0.15) is 0 Å². The number of rotatable bonds is 9. The molecule has 0 fully saturated rings. The standard InChI is InChI=1S/C16H26N2O/c1-3-5-6-12-18-16(19)11-13-17-15-9-7-14(4-2)8-10-15/h7-10,17H,3-6,11-13H2,1-2H3,(H,18,19). The lowest BCUT2D eigenvalue weighted by Gasteiger charge is -2.08. The minimum atomic E-state index is 0.133. The molecule has 3 heteroatoms. The number of unbranched alkanes of at least 4 members (excludes halogenated alkanes) is 2. The van der Waals surface area contributed by atoms with E-state index in [9.17, 15) is 4.79 Å². The van der Waals surface area contributed by atoms with Gasteiger partial charge in [0.05, 0.1) is 0 Å². The Morgan fingerprint density at radius 1 is 1.05 bits per heavy atom. The molecule has 0 radical (unpaired) electrons. The third kappa shape index (κ3) is 6.85. The Hall–Kier alpha value is -1.51. The zero-order valence-corrected chi connectivity index (χ0v) is 12.2. The van der Waals surface area contributed by atoms with Crippen molar-refractivity contribution >= 4 is 11.6 Å². The first-order chi connectivity index (χ1) is 9.26. The van der Waals surface area contributed by atoms with E-state index in [2.05, 4.69) is 48.7 Å². The summed E-state index contributed by atoms with van der Waals surface area (Å²) in [6, 6.07) is 8.37. The van der Waals surface area contributed by atoms with Crippen LogP contribution in [0.15, 0.2) is 24.3 Å². The Balaban J connectivity index is 2.13. The normalized spacial score (nSPS) is 10.2. The topological polar surface area (TPSA) is 41.1 Å². The van der Waals surface area contributed by atoms with Crippen LogP contribution in [-0.4, -0.2) is 19.0 Å². The van der Waals surface area contributed by atoms with E-state index in [1.807, 2.05) is 0 Å². The van der Waals surface area contributed by atoms with Gasteiger partial charge in [-0.15, -0.1) is 0 Å². The quantitative estimate of drug-likeness (QED) is 0.670. The molecule has 0 spiro atoms. The third-order valence-electron chi connectivity index (χ3n) is 3.15. The fourth-order valence-electron chi connectivity index (χ4n) is 1.87. The maximum absolute atomic E-state index is 11.5. The molecule has 0 aliphatic rings. The number of carbonyl (C=O) groups excluding carboxylic acids is 1. The highest BCUT2D eigenvalue weighted by molar-refractivity contribution is 5.76. The molecule has 0 aliphatic carbocycles. The molecule has 0 aromatic heterocycles. The summed E-state index contributed by atoms with van der Waals surface area (Å²) in [4.78, 5) is 11.5. The van der Waals surface area contributed by atoms with Crippen molar-refractivity contribution in [3.05, 3.63) is 29.8 Å². The van der Waals surface area contributed by atoms with Crippen LogP contribution in [0.4, 0.5) is 5.69 Å². The van der Waals surface area contributed by atoms with E-state index in [4.69, 9.17) is 0 Å². The molecule has 1 rings (SSSR count). The molecule has 19 heavy (non-hydrogen) atoms. The van der Waals surface area contributed by atoms with Crippen LogP contribution in [0.3, 0.4) is 0 Å². The zero-order valence-electron chi connectivity index (χ0n) is 12.2. The fourth-order valence-corrected chi connectivity index (χ4v) is 1.87. The summed E-state index contributed by atoms with van der Waals surface area (Å²) in [5, 5.41) is 6.21. The average molecular weight is 262 g/mol. The first kappa shape index (κ1) is 15.5. The third-order valence-corrected chi connectivity index (χ3v) is 3.15. The van der Waals surface area contributed by atoms with Crippen molar-refractivity contribution in [1.29, 1.82) is 0 Å². The second kappa shape index (κ2) is 9.42. The molecular weight excluding hydrogens is 236 g/mol. The molecule has 0 saturated heterocycles. The number of amides is 1. The smallest absolute Gasteiger partial charge is 0.221 e. The summed E-state index contributed by atoms with van der Waals surface area (Å²) in [5.74, 6) is 0.133. The molecule has 0 heterocycles. The molecule has 0 aliphatic heterocycles. The van der Waals surface area contributed by atoms with Gasteiger partial charge in [-0.3, -0.25) is 4.79 Å². The molecule has 3 nitrogen and oxygen atoms in total. The molecule has 0 atom stereocenters. The van der Waals surface area contributed by atoms with E-state index in [1.54, 1.807) is 0 Å². The molecule has 0 saturated carbocycles. The van der Waals surface area contributed by atoms with Gasteiger partial charge in [-0.2, -0.15) is 0 Å². The Labute approximate surface area is 116 Å². The lowest BCUT2D eigenvalue weighted by Crippen LogP contribution is -2.26. The Bertz CT molecular complexity index is 360. The van der Waals surface area contributed by atoms with Gasteiger partial charge >= 0.3 is 0 Å².